The van der Waals surface area contributed by atoms with Crippen LogP contribution in [0.4, 0.5) is 0 Å². The van der Waals surface area contributed by atoms with Gasteiger partial charge in [-0.15, -0.1) is 0 Å². The van der Waals surface area contributed by atoms with E-state index in [-0.39, 0.29) is 0 Å². The highest BCUT2D eigenvalue weighted by molar-refractivity contribution is 6.31. The average molecular weight is 388 g/mol. The fraction of sp³-hybridized carbons (Fsp3) is 0.478. The van der Waals surface area contributed by atoms with Crippen molar-refractivity contribution in [1.82, 2.24) is 5.32 Å². The number of rotatable bonds is 7. The second kappa shape index (κ2) is 10.6. The number of nitrogens with one attached hydrogen (secondary N) is 1. The van der Waals surface area contributed by atoms with Crippen molar-refractivity contribution in [3.05, 3.63) is 58.6 Å². The van der Waals surface area contributed by atoms with Gasteiger partial charge in [0.05, 0.1) is 7.11 Å². The molecule has 2 aromatic carbocycles. The first-order chi connectivity index (χ1) is 13.3. The van der Waals surface area contributed by atoms with E-state index in [1.54, 1.807) is 7.11 Å². The number of para-hydroxylation sites is 1. The second-order valence-electron chi connectivity index (χ2n) is 7.25. The lowest BCUT2D eigenvalue weighted by Crippen LogP contribution is -2.29. The van der Waals surface area contributed by atoms with Gasteiger partial charge in [-0.25, -0.2) is 0 Å². The third-order valence-corrected chi connectivity index (χ3v) is 5.67. The number of hydrogen-bond acceptors (Lipinski definition) is 3. The highest BCUT2D eigenvalue weighted by atomic mass is 35.5. The van der Waals surface area contributed by atoms with E-state index < -0.39 is 0 Å². The van der Waals surface area contributed by atoms with Crippen LogP contribution in [-0.2, 0) is 13.2 Å². The largest absolute Gasteiger partial charge is 0.493 e. The first-order valence-electron chi connectivity index (χ1n) is 10.0. The number of benzene rings is 2. The van der Waals surface area contributed by atoms with Crippen LogP contribution in [0.15, 0.2) is 42.5 Å². The van der Waals surface area contributed by atoms with E-state index in [4.69, 9.17) is 21.1 Å². The molecule has 0 aliphatic heterocycles. The van der Waals surface area contributed by atoms with Crippen molar-refractivity contribution in [2.24, 2.45) is 0 Å². The summed E-state index contributed by atoms with van der Waals surface area (Å²) in [6.07, 6.45) is 9.30. The van der Waals surface area contributed by atoms with Crippen molar-refractivity contribution in [2.75, 3.05) is 7.11 Å². The van der Waals surface area contributed by atoms with Crippen molar-refractivity contribution >= 4 is 11.6 Å². The molecule has 0 aromatic heterocycles. The fourth-order valence-electron chi connectivity index (χ4n) is 3.70. The van der Waals surface area contributed by atoms with Gasteiger partial charge in [-0.1, -0.05) is 74.0 Å². The Balaban J connectivity index is 1.68. The SMILES string of the molecule is COc1cccc(CNC2CCCCCCC2)c1OCc1ccccc1Cl. The second-order valence-corrected chi connectivity index (χ2v) is 7.66. The van der Waals surface area contributed by atoms with Gasteiger partial charge >= 0.3 is 0 Å². The summed E-state index contributed by atoms with van der Waals surface area (Å²) in [5.74, 6) is 1.57. The molecule has 3 rings (SSSR count). The summed E-state index contributed by atoms with van der Waals surface area (Å²) >= 11 is 6.27. The van der Waals surface area contributed by atoms with Crippen LogP contribution in [0.3, 0.4) is 0 Å². The zero-order valence-electron chi connectivity index (χ0n) is 16.2. The summed E-state index contributed by atoms with van der Waals surface area (Å²) < 4.78 is 11.7. The van der Waals surface area contributed by atoms with Crippen LogP contribution in [0.5, 0.6) is 11.5 Å². The van der Waals surface area contributed by atoms with Crippen LogP contribution in [0.25, 0.3) is 0 Å². The Labute approximate surface area is 168 Å². The van der Waals surface area contributed by atoms with Crippen LogP contribution in [0.2, 0.25) is 5.02 Å². The summed E-state index contributed by atoms with van der Waals surface area (Å²) in [5.41, 5.74) is 2.10. The Kier molecular flexibility index (Phi) is 7.85. The molecule has 0 amide bonds. The van der Waals surface area contributed by atoms with Crippen molar-refractivity contribution in [3.63, 3.8) is 0 Å². The average Bonchev–Trinajstić information content (AvgIpc) is 2.66. The van der Waals surface area contributed by atoms with Gasteiger partial charge in [0.25, 0.3) is 0 Å². The Hall–Kier alpha value is -1.71. The molecule has 0 radical (unpaired) electrons. The molecule has 3 nitrogen and oxygen atoms in total. The van der Waals surface area contributed by atoms with Crippen molar-refractivity contribution in [1.29, 1.82) is 0 Å². The highest BCUT2D eigenvalue weighted by Crippen LogP contribution is 2.32. The van der Waals surface area contributed by atoms with Crippen molar-refractivity contribution < 1.29 is 9.47 Å². The van der Waals surface area contributed by atoms with Gasteiger partial charge in [0.1, 0.15) is 6.61 Å². The lowest BCUT2D eigenvalue weighted by molar-refractivity contribution is 0.279. The first-order valence-corrected chi connectivity index (χ1v) is 10.4. The molecule has 146 valence electrons. The van der Waals surface area contributed by atoms with E-state index in [9.17, 15) is 0 Å². The number of hydrogen-bond donors (Lipinski definition) is 1. The van der Waals surface area contributed by atoms with E-state index in [0.717, 1.165) is 34.2 Å². The highest BCUT2D eigenvalue weighted by Gasteiger charge is 2.15. The number of ether oxygens (including phenoxy) is 2. The van der Waals surface area contributed by atoms with Gasteiger partial charge in [0, 0.05) is 28.7 Å². The van der Waals surface area contributed by atoms with Crippen LogP contribution in [-0.4, -0.2) is 13.2 Å². The predicted octanol–water partition coefficient (Wildman–Crippen LogP) is 6.13. The minimum atomic E-state index is 0.427. The monoisotopic (exact) mass is 387 g/mol. The summed E-state index contributed by atoms with van der Waals surface area (Å²) in [5, 5.41) is 4.47. The smallest absolute Gasteiger partial charge is 0.166 e. The fourth-order valence-corrected chi connectivity index (χ4v) is 3.90. The van der Waals surface area contributed by atoms with Crippen LogP contribution < -0.4 is 14.8 Å². The molecule has 0 unspecified atom stereocenters. The molecular formula is C23H30ClNO2. The minimum absolute atomic E-state index is 0.427. The molecule has 0 heterocycles. The lowest BCUT2D eigenvalue weighted by Gasteiger charge is -2.22. The van der Waals surface area contributed by atoms with Gasteiger partial charge in [0.2, 0.25) is 0 Å². The minimum Gasteiger partial charge on any atom is -0.493 e. The van der Waals surface area contributed by atoms with Crippen molar-refractivity contribution in [3.8, 4) is 11.5 Å². The van der Waals surface area contributed by atoms with Crippen LogP contribution in [0.1, 0.15) is 56.1 Å². The molecule has 1 N–H and O–H groups in total. The third kappa shape index (κ3) is 5.88. The van der Waals surface area contributed by atoms with Crippen LogP contribution >= 0.6 is 11.6 Å². The number of halogens is 1. The molecular weight excluding hydrogens is 358 g/mol. The van der Waals surface area contributed by atoms with Gasteiger partial charge in [-0.05, 0) is 25.0 Å². The number of methoxy groups -OCH3 is 1. The Bertz CT molecular complexity index is 711. The zero-order valence-corrected chi connectivity index (χ0v) is 16.9. The Morgan fingerprint density at radius 3 is 2.37 bits per heavy atom. The topological polar surface area (TPSA) is 30.5 Å². The molecule has 0 atom stereocenters. The lowest BCUT2D eigenvalue weighted by atomic mass is 9.96. The molecule has 0 spiro atoms. The molecule has 1 aliphatic carbocycles. The molecule has 2 aromatic rings. The quantitative estimate of drug-likeness (QED) is 0.619. The standard InChI is InChI=1S/C23H30ClNO2/c1-26-22-15-9-11-18(16-25-20-12-5-3-2-4-6-13-20)23(22)27-17-19-10-7-8-14-21(19)24/h7-11,14-15,20,25H,2-6,12-13,16-17H2,1H3. The molecule has 0 saturated heterocycles. The van der Waals surface area contributed by atoms with Gasteiger partial charge in [-0.3, -0.25) is 0 Å². The summed E-state index contributed by atoms with van der Waals surface area (Å²) in [7, 11) is 1.68. The van der Waals surface area contributed by atoms with E-state index >= 15 is 0 Å². The van der Waals surface area contributed by atoms with Gasteiger partial charge in [0.15, 0.2) is 11.5 Å². The summed E-state index contributed by atoms with van der Waals surface area (Å²) in [6.45, 7) is 1.22. The van der Waals surface area contributed by atoms with E-state index in [2.05, 4.69) is 11.4 Å². The predicted molar refractivity (Wildman–Crippen MR) is 112 cm³/mol. The normalized spacial score (nSPS) is 15.8. The molecule has 1 saturated carbocycles. The van der Waals surface area contributed by atoms with Gasteiger partial charge in [-0.2, -0.15) is 0 Å². The van der Waals surface area contributed by atoms with E-state index in [0.29, 0.717) is 12.6 Å². The van der Waals surface area contributed by atoms with Crippen molar-refractivity contribution in [2.45, 2.75) is 64.1 Å². The molecule has 4 heteroatoms. The zero-order chi connectivity index (χ0) is 18.9. The Morgan fingerprint density at radius 1 is 0.926 bits per heavy atom. The summed E-state index contributed by atoms with van der Waals surface area (Å²) in [4.78, 5) is 0. The molecule has 1 aliphatic rings. The van der Waals surface area contributed by atoms with Gasteiger partial charge < -0.3 is 14.8 Å². The van der Waals surface area contributed by atoms with E-state index in [1.165, 1.54) is 44.9 Å². The first kappa shape index (κ1) is 20.0. The maximum absolute atomic E-state index is 6.27. The molecule has 1 fully saturated rings. The molecule has 27 heavy (non-hydrogen) atoms. The summed E-state index contributed by atoms with van der Waals surface area (Å²) in [6, 6.07) is 14.5. The van der Waals surface area contributed by atoms with Crippen LogP contribution in [0, 0.1) is 0 Å². The molecule has 0 bridgehead atoms. The maximum Gasteiger partial charge on any atom is 0.166 e. The third-order valence-electron chi connectivity index (χ3n) is 5.30. The van der Waals surface area contributed by atoms with E-state index in [1.807, 2.05) is 36.4 Å². The maximum atomic E-state index is 6.27. The Morgan fingerprint density at radius 2 is 1.63 bits per heavy atom.